The molecule has 1 aromatic heterocycles. The number of esters is 1. The Hall–Kier alpha value is -2.04. The number of methoxy groups -OCH3 is 2. The van der Waals surface area contributed by atoms with Crippen LogP contribution in [0.3, 0.4) is 0 Å². The third-order valence-electron chi connectivity index (χ3n) is 2.01. The van der Waals surface area contributed by atoms with Gasteiger partial charge in [0.2, 0.25) is 0 Å². The van der Waals surface area contributed by atoms with Crippen LogP contribution in [-0.4, -0.2) is 20.2 Å². The van der Waals surface area contributed by atoms with E-state index in [-0.39, 0.29) is 5.70 Å². The van der Waals surface area contributed by atoms with Crippen LogP contribution in [0.4, 0.5) is 0 Å². The number of nitrogens with zero attached hydrogens (tertiary/aromatic N) is 1. The van der Waals surface area contributed by atoms with Gasteiger partial charge >= 0.3 is 11.7 Å². The fourth-order valence-electron chi connectivity index (χ4n) is 1.14. The molecule has 0 aliphatic rings. The van der Waals surface area contributed by atoms with Gasteiger partial charge in [-0.3, -0.25) is 0 Å². The summed E-state index contributed by atoms with van der Waals surface area (Å²) in [6.45, 7) is 1.90. The van der Waals surface area contributed by atoms with Crippen LogP contribution < -0.4 is 9.67 Å². The molecule has 0 fully saturated rings. The van der Waals surface area contributed by atoms with Gasteiger partial charge in [-0.2, -0.15) is 4.57 Å². The summed E-state index contributed by atoms with van der Waals surface area (Å²) in [5.74, 6) is -1.47. The van der Waals surface area contributed by atoms with Crippen molar-refractivity contribution in [2.45, 2.75) is 6.92 Å². The van der Waals surface area contributed by atoms with Crippen molar-refractivity contribution in [3.8, 4) is 0 Å². The van der Waals surface area contributed by atoms with E-state index < -0.39 is 11.9 Å². The lowest BCUT2D eigenvalue weighted by atomic mass is 10.3. The number of pyridine rings is 1. The quantitative estimate of drug-likeness (QED) is 0.302. The van der Waals surface area contributed by atoms with Crippen LogP contribution in [0.2, 0.25) is 0 Å². The summed E-state index contributed by atoms with van der Waals surface area (Å²) in [6, 6.07) is 3.54. The second-order valence-corrected chi connectivity index (χ2v) is 3.11. The maximum atomic E-state index is 11.4. The smallest absolute Gasteiger partial charge is 0.405 e. The Morgan fingerprint density at radius 3 is 2.25 bits per heavy atom. The minimum absolute atomic E-state index is 0.176. The summed E-state index contributed by atoms with van der Waals surface area (Å²) in [5, 5.41) is 11.4. The van der Waals surface area contributed by atoms with Crippen molar-refractivity contribution in [1.29, 1.82) is 0 Å². The number of ether oxygens (including phenoxy) is 2. The predicted octanol–water partition coefficient (Wildman–Crippen LogP) is -0.412. The number of rotatable bonds is 3. The number of hydrogen-bond donors (Lipinski definition) is 0. The monoisotopic (exact) mass is 223 g/mol. The zero-order chi connectivity index (χ0) is 12.1. The highest BCUT2D eigenvalue weighted by Gasteiger charge is 2.22. The molecular weight excluding hydrogens is 210 g/mol. The van der Waals surface area contributed by atoms with Crippen LogP contribution in [-0.2, 0) is 14.3 Å². The Morgan fingerprint density at radius 2 is 1.81 bits per heavy atom. The van der Waals surface area contributed by atoms with Gasteiger partial charge in [-0.25, -0.2) is 4.79 Å². The van der Waals surface area contributed by atoms with E-state index in [9.17, 15) is 9.90 Å². The van der Waals surface area contributed by atoms with Crippen molar-refractivity contribution >= 4 is 11.7 Å². The van der Waals surface area contributed by atoms with E-state index in [0.717, 1.165) is 5.56 Å². The summed E-state index contributed by atoms with van der Waals surface area (Å²) in [7, 11) is 2.42. The molecule has 86 valence electrons. The van der Waals surface area contributed by atoms with Crippen molar-refractivity contribution in [2.75, 3.05) is 14.2 Å². The number of hydrogen-bond acceptors (Lipinski definition) is 4. The molecule has 5 nitrogen and oxygen atoms in total. The number of aryl methyl sites for hydroxylation is 1. The van der Waals surface area contributed by atoms with Crippen LogP contribution in [0.1, 0.15) is 5.56 Å². The van der Waals surface area contributed by atoms with E-state index in [0.29, 0.717) is 0 Å². The summed E-state index contributed by atoms with van der Waals surface area (Å²) in [5.41, 5.74) is 0.843. The molecule has 0 aliphatic carbocycles. The van der Waals surface area contributed by atoms with E-state index in [1.54, 1.807) is 24.5 Å². The van der Waals surface area contributed by atoms with Crippen molar-refractivity contribution in [3.63, 3.8) is 0 Å². The van der Waals surface area contributed by atoms with Gasteiger partial charge < -0.3 is 14.6 Å². The van der Waals surface area contributed by atoms with Gasteiger partial charge in [-0.1, -0.05) is 0 Å². The van der Waals surface area contributed by atoms with E-state index in [2.05, 4.69) is 9.47 Å². The average molecular weight is 223 g/mol. The Balaban J connectivity index is 3.22. The minimum atomic E-state index is -0.735. The van der Waals surface area contributed by atoms with Gasteiger partial charge in [0.05, 0.1) is 7.11 Å². The SMILES string of the molecule is COC(=O)/C(=C(/[O-])OC)[n+]1ccc(C)cc1. The molecule has 16 heavy (non-hydrogen) atoms. The fourth-order valence-corrected chi connectivity index (χ4v) is 1.14. The van der Waals surface area contributed by atoms with Gasteiger partial charge in [-0.05, 0) is 19.6 Å². The highest BCUT2D eigenvalue weighted by atomic mass is 16.6. The lowest BCUT2D eigenvalue weighted by molar-refractivity contribution is -0.586. The lowest BCUT2D eigenvalue weighted by Gasteiger charge is -2.10. The van der Waals surface area contributed by atoms with E-state index >= 15 is 0 Å². The number of carbonyl (C=O) groups excluding carboxylic acids is 1. The zero-order valence-corrected chi connectivity index (χ0v) is 9.39. The molecule has 1 rings (SSSR count). The van der Waals surface area contributed by atoms with E-state index in [1.165, 1.54) is 18.8 Å². The Morgan fingerprint density at radius 1 is 1.25 bits per heavy atom. The van der Waals surface area contributed by atoms with Crippen LogP contribution in [0.5, 0.6) is 0 Å². The topological polar surface area (TPSA) is 62.5 Å². The molecule has 0 aromatic carbocycles. The van der Waals surface area contributed by atoms with Crippen LogP contribution in [0.25, 0.3) is 5.70 Å². The van der Waals surface area contributed by atoms with Crippen molar-refractivity contribution in [2.24, 2.45) is 0 Å². The summed E-state index contributed by atoms with van der Waals surface area (Å²) < 4.78 is 10.4. The van der Waals surface area contributed by atoms with Gasteiger partial charge in [0.15, 0.2) is 12.4 Å². The highest BCUT2D eigenvalue weighted by Crippen LogP contribution is 2.02. The maximum absolute atomic E-state index is 11.4. The van der Waals surface area contributed by atoms with Crippen molar-refractivity contribution < 1.29 is 23.9 Å². The highest BCUT2D eigenvalue weighted by molar-refractivity contribution is 6.06. The van der Waals surface area contributed by atoms with Crippen molar-refractivity contribution in [1.82, 2.24) is 0 Å². The van der Waals surface area contributed by atoms with E-state index in [4.69, 9.17) is 0 Å². The van der Waals surface area contributed by atoms with E-state index in [1.807, 2.05) is 6.92 Å². The Bertz CT molecular complexity index is 408. The molecule has 0 atom stereocenters. The number of carbonyl (C=O) groups is 1. The first-order chi connectivity index (χ1) is 7.60. The molecule has 5 heteroatoms. The molecule has 0 aliphatic heterocycles. The van der Waals surface area contributed by atoms with Crippen LogP contribution in [0.15, 0.2) is 30.5 Å². The van der Waals surface area contributed by atoms with Crippen LogP contribution >= 0.6 is 0 Å². The first-order valence-corrected chi connectivity index (χ1v) is 4.62. The molecule has 0 amide bonds. The number of aromatic nitrogens is 1. The molecule has 0 unspecified atom stereocenters. The van der Waals surface area contributed by atoms with Gasteiger partial charge in [-0.15, -0.1) is 0 Å². The standard InChI is InChI=1S/C11H13NO4/c1-8-4-6-12(7-5-8)9(10(13)15-2)11(14)16-3/h4-7H,1-3H3. The Kier molecular flexibility index (Phi) is 3.88. The Labute approximate surface area is 93.5 Å². The summed E-state index contributed by atoms with van der Waals surface area (Å²) >= 11 is 0. The third kappa shape index (κ3) is 2.50. The summed E-state index contributed by atoms with van der Waals surface area (Å²) in [6.07, 6.45) is 3.19. The second-order valence-electron chi connectivity index (χ2n) is 3.11. The molecule has 1 heterocycles. The summed E-state index contributed by atoms with van der Waals surface area (Å²) in [4.78, 5) is 11.4. The normalized spacial score (nSPS) is 11.7. The molecular formula is C11H13NO4. The maximum Gasteiger partial charge on any atom is 0.405 e. The minimum Gasteiger partial charge on any atom is -0.612 e. The first kappa shape index (κ1) is 12.0. The molecule has 0 radical (unpaired) electrons. The largest absolute Gasteiger partial charge is 0.612 e. The van der Waals surface area contributed by atoms with Gasteiger partial charge in [0.1, 0.15) is 5.95 Å². The van der Waals surface area contributed by atoms with Gasteiger partial charge in [0.25, 0.3) is 0 Å². The molecule has 0 bridgehead atoms. The predicted molar refractivity (Wildman–Crippen MR) is 53.6 cm³/mol. The fraction of sp³-hybridized carbons (Fsp3) is 0.273. The third-order valence-corrected chi connectivity index (χ3v) is 2.01. The lowest BCUT2D eigenvalue weighted by Crippen LogP contribution is -2.39. The molecule has 0 saturated heterocycles. The molecule has 0 saturated carbocycles. The van der Waals surface area contributed by atoms with Gasteiger partial charge in [0, 0.05) is 12.1 Å². The zero-order valence-electron chi connectivity index (χ0n) is 9.39. The first-order valence-electron chi connectivity index (χ1n) is 4.62. The molecule has 1 aromatic rings. The van der Waals surface area contributed by atoms with Crippen LogP contribution in [0, 0.1) is 6.92 Å². The second kappa shape index (κ2) is 5.16. The molecule has 0 N–H and O–H groups in total. The average Bonchev–Trinajstić information content (AvgIpc) is 2.31. The van der Waals surface area contributed by atoms with Crippen molar-refractivity contribution in [3.05, 3.63) is 36.0 Å². The molecule has 0 spiro atoms.